The average molecular weight is 194 g/mol. The van der Waals surface area contributed by atoms with Gasteiger partial charge in [0.1, 0.15) is 6.61 Å². The molecule has 0 aliphatic rings. The number of carbonyl (C=O) groups is 2. The maximum Gasteiger partial charge on any atom is 0.306 e. The molecule has 0 bridgehead atoms. The monoisotopic (exact) mass is 194 g/mol. The van der Waals surface area contributed by atoms with Gasteiger partial charge in [0, 0.05) is 12.2 Å². The van der Waals surface area contributed by atoms with Crippen LogP contribution < -0.4 is 0 Å². The molecule has 0 unspecified atom stereocenters. The molecule has 0 saturated carbocycles. The number of hydrogen-bond donors (Lipinski definition) is 1. The first kappa shape index (κ1) is 10.8. The summed E-state index contributed by atoms with van der Waals surface area (Å²) in [6, 6.07) is 0. The van der Waals surface area contributed by atoms with E-state index in [0.717, 1.165) is 12.2 Å². The van der Waals surface area contributed by atoms with Crippen LogP contribution in [0.25, 0.3) is 0 Å². The molecule has 0 amide bonds. The Bertz CT molecular complexity index is 127. The van der Waals surface area contributed by atoms with Gasteiger partial charge in [-0.3, -0.25) is 9.59 Å². The molecule has 0 aromatic carbocycles. The van der Waals surface area contributed by atoms with E-state index in [-0.39, 0.29) is 12.6 Å². The van der Waals surface area contributed by atoms with Gasteiger partial charge in [-0.2, -0.15) is 0 Å². The van der Waals surface area contributed by atoms with E-state index < -0.39 is 0 Å². The molecule has 0 fully saturated rings. The Morgan fingerprint density at radius 1 is 1.64 bits per heavy atom. The minimum absolute atomic E-state index is 0.132. The fourth-order valence-corrected chi connectivity index (χ4v) is 1.14. The SMILES string of the molecule is O=CCOC(=O)CCCSS. The minimum atomic E-state index is -0.320. The molecule has 0 aliphatic heterocycles. The average Bonchev–Trinajstić information content (AvgIpc) is 2.01. The van der Waals surface area contributed by atoms with Crippen LogP contribution in [-0.4, -0.2) is 24.6 Å². The molecule has 0 aromatic rings. The quantitative estimate of drug-likeness (QED) is 0.226. The molecule has 0 heterocycles. The van der Waals surface area contributed by atoms with Gasteiger partial charge in [0.2, 0.25) is 0 Å². The van der Waals surface area contributed by atoms with E-state index >= 15 is 0 Å². The summed E-state index contributed by atoms with van der Waals surface area (Å²) in [5.41, 5.74) is 0. The Hall–Kier alpha value is -0.160. The molecule has 0 N–H and O–H groups in total. The van der Waals surface area contributed by atoms with Crippen LogP contribution in [-0.2, 0) is 14.3 Å². The first-order valence-electron chi connectivity index (χ1n) is 3.17. The van der Waals surface area contributed by atoms with Crippen LogP contribution in [0, 0.1) is 0 Å². The summed E-state index contributed by atoms with van der Waals surface area (Å²) < 4.78 is 4.50. The number of carbonyl (C=O) groups excluding carboxylic acids is 2. The van der Waals surface area contributed by atoms with Crippen LogP contribution in [0.1, 0.15) is 12.8 Å². The van der Waals surface area contributed by atoms with Crippen molar-refractivity contribution in [3.63, 3.8) is 0 Å². The lowest BCUT2D eigenvalue weighted by Gasteiger charge is -1.98. The lowest BCUT2D eigenvalue weighted by atomic mass is 10.3. The fourth-order valence-electron chi connectivity index (χ4n) is 0.480. The largest absolute Gasteiger partial charge is 0.458 e. The molecule has 0 spiro atoms. The summed E-state index contributed by atoms with van der Waals surface area (Å²) in [5, 5.41) is 0. The van der Waals surface area contributed by atoms with Crippen molar-refractivity contribution in [3.8, 4) is 0 Å². The number of rotatable bonds is 6. The normalized spacial score (nSPS) is 9.18. The van der Waals surface area contributed by atoms with Gasteiger partial charge in [-0.25, -0.2) is 0 Å². The zero-order chi connectivity index (χ0) is 8.53. The molecule has 0 rings (SSSR count). The van der Waals surface area contributed by atoms with Crippen molar-refractivity contribution in [3.05, 3.63) is 0 Å². The lowest BCUT2D eigenvalue weighted by Crippen LogP contribution is -2.06. The zero-order valence-electron chi connectivity index (χ0n) is 5.99. The third kappa shape index (κ3) is 7.74. The smallest absolute Gasteiger partial charge is 0.306 e. The molecule has 0 radical (unpaired) electrons. The summed E-state index contributed by atoms with van der Waals surface area (Å²) in [5.74, 6) is 0.499. The Morgan fingerprint density at radius 2 is 2.36 bits per heavy atom. The number of ether oxygens (including phenoxy) is 1. The van der Waals surface area contributed by atoms with Crippen molar-refractivity contribution in [2.45, 2.75) is 12.8 Å². The Balaban J connectivity index is 3.15. The molecule has 0 saturated heterocycles. The highest BCUT2D eigenvalue weighted by Gasteiger charge is 2.00. The second-order valence-electron chi connectivity index (χ2n) is 1.79. The van der Waals surface area contributed by atoms with Crippen molar-refractivity contribution >= 4 is 34.7 Å². The van der Waals surface area contributed by atoms with Crippen LogP contribution in [0.5, 0.6) is 0 Å². The highest BCUT2D eigenvalue weighted by atomic mass is 33.1. The number of aldehydes is 1. The number of esters is 1. The summed E-state index contributed by atoms with van der Waals surface area (Å²) in [4.78, 5) is 20.4. The highest BCUT2D eigenvalue weighted by molar-refractivity contribution is 8.68. The molecule has 11 heavy (non-hydrogen) atoms. The molecule has 0 aromatic heterocycles. The van der Waals surface area contributed by atoms with E-state index in [1.54, 1.807) is 0 Å². The zero-order valence-corrected chi connectivity index (χ0v) is 7.70. The maximum atomic E-state index is 10.7. The molecule has 0 aliphatic carbocycles. The third-order valence-corrected chi connectivity index (χ3v) is 1.95. The standard InChI is InChI=1S/C6H10O3S2/c7-3-4-9-6(8)2-1-5-11-10/h3,10H,1-2,4-5H2. The number of hydrogen-bond acceptors (Lipinski definition) is 5. The summed E-state index contributed by atoms with van der Waals surface area (Å²) in [6.07, 6.45) is 1.67. The van der Waals surface area contributed by atoms with Crippen molar-refractivity contribution < 1.29 is 14.3 Å². The number of thiol groups is 1. The predicted molar refractivity (Wildman–Crippen MR) is 47.7 cm³/mol. The van der Waals surface area contributed by atoms with E-state index in [9.17, 15) is 9.59 Å². The highest BCUT2D eigenvalue weighted by Crippen LogP contribution is 2.07. The van der Waals surface area contributed by atoms with Crippen LogP contribution in [0.15, 0.2) is 0 Å². The van der Waals surface area contributed by atoms with Crippen LogP contribution in [0.4, 0.5) is 0 Å². The van der Waals surface area contributed by atoms with E-state index in [2.05, 4.69) is 16.4 Å². The Kier molecular flexibility index (Phi) is 7.83. The maximum absolute atomic E-state index is 10.7. The van der Waals surface area contributed by atoms with E-state index in [4.69, 9.17) is 0 Å². The van der Waals surface area contributed by atoms with Crippen molar-refractivity contribution in [1.29, 1.82) is 0 Å². The van der Waals surface area contributed by atoms with Gasteiger partial charge in [0.15, 0.2) is 6.29 Å². The van der Waals surface area contributed by atoms with E-state index in [1.165, 1.54) is 10.8 Å². The van der Waals surface area contributed by atoms with Crippen molar-refractivity contribution in [2.75, 3.05) is 12.4 Å². The molecular weight excluding hydrogens is 184 g/mol. The van der Waals surface area contributed by atoms with Crippen LogP contribution >= 0.6 is 22.5 Å². The van der Waals surface area contributed by atoms with Crippen molar-refractivity contribution in [2.24, 2.45) is 0 Å². The summed E-state index contributed by atoms with van der Waals surface area (Å²) in [6.45, 7) is -0.132. The van der Waals surface area contributed by atoms with Crippen LogP contribution in [0.2, 0.25) is 0 Å². The van der Waals surface area contributed by atoms with Gasteiger partial charge >= 0.3 is 5.97 Å². The summed E-state index contributed by atoms with van der Waals surface area (Å²) >= 11 is 3.90. The Labute approximate surface area is 74.7 Å². The molecule has 5 heteroatoms. The second kappa shape index (κ2) is 7.94. The van der Waals surface area contributed by atoms with Gasteiger partial charge in [-0.1, -0.05) is 10.8 Å². The minimum Gasteiger partial charge on any atom is -0.458 e. The van der Waals surface area contributed by atoms with E-state index in [1.807, 2.05) is 0 Å². The lowest BCUT2D eigenvalue weighted by molar-refractivity contribution is -0.145. The molecule has 0 atom stereocenters. The first-order chi connectivity index (χ1) is 5.31. The topological polar surface area (TPSA) is 43.4 Å². The second-order valence-corrected chi connectivity index (χ2v) is 3.23. The first-order valence-corrected chi connectivity index (χ1v) is 5.20. The Morgan fingerprint density at radius 3 is 2.91 bits per heavy atom. The summed E-state index contributed by atoms with van der Waals surface area (Å²) in [7, 11) is 1.38. The third-order valence-electron chi connectivity index (χ3n) is 0.929. The van der Waals surface area contributed by atoms with Gasteiger partial charge in [-0.05, 0) is 6.42 Å². The van der Waals surface area contributed by atoms with Gasteiger partial charge in [0.25, 0.3) is 0 Å². The fraction of sp³-hybridized carbons (Fsp3) is 0.667. The van der Waals surface area contributed by atoms with E-state index in [0.29, 0.717) is 12.7 Å². The van der Waals surface area contributed by atoms with Gasteiger partial charge in [0.05, 0.1) is 0 Å². The van der Waals surface area contributed by atoms with Crippen LogP contribution in [0.3, 0.4) is 0 Å². The molecule has 64 valence electrons. The van der Waals surface area contributed by atoms with Crippen molar-refractivity contribution in [1.82, 2.24) is 0 Å². The predicted octanol–water partition coefficient (Wildman–Crippen LogP) is 1.09. The van der Waals surface area contributed by atoms with Gasteiger partial charge in [-0.15, -0.1) is 11.7 Å². The molecule has 3 nitrogen and oxygen atoms in total. The molecular formula is C6H10O3S2. The van der Waals surface area contributed by atoms with Gasteiger partial charge < -0.3 is 4.74 Å².